The van der Waals surface area contributed by atoms with E-state index in [0.29, 0.717) is 18.6 Å². The first-order valence-electron chi connectivity index (χ1n) is 6.81. The second-order valence-corrected chi connectivity index (χ2v) is 5.15. The van der Waals surface area contributed by atoms with Gasteiger partial charge in [0.1, 0.15) is 5.75 Å². The molecule has 0 radical (unpaired) electrons. The second-order valence-electron chi connectivity index (χ2n) is 5.15. The van der Waals surface area contributed by atoms with Gasteiger partial charge >= 0.3 is 0 Å². The third kappa shape index (κ3) is 2.62. The Kier molecular flexibility index (Phi) is 3.86. The molecule has 2 aromatic rings. The van der Waals surface area contributed by atoms with E-state index in [1.165, 1.54) is 6.07 Å². The van der Waals surface area contributed by atoms with Crippen LogP contribution in [0.2, 0.25) is 0 Å². The van der Waals surface area contributed by atoms with Crippen LogP contribution in [0.4, 0.5) is 8.78 Å². The van der Waals surface area contributed by atoms with Crippen molar-refractivity contribution in [2.45, 2.75) is 18.4 Å². The molecule has 0 fully saturated rings. The highest BCUT2D eigenvalue weighted by Gasteiger charge is 2.31. The van der Waals surface area contributed by atoms with Crippen LogP contribution in [0.5, 0.6) is 5.75 Å². The lowest BCUT2D eigenvalue weighted by molar-refractivity contribution is 0.296. The number of hydrogen-bond donors (Lipinski definition) is 2. The van der Waals surface area contributed by atoms with Crippen LogP contribution in [0.3, 0.4) is 0 Å². The van der Waals surface area contributed by atoms with Crippen LogP contribution in [0.15, 0.2) is 42.5 Å². The van der Waals surface area contributed by atoms with Gasteiger partial charge in [-0.3, -0.25) is 11.3 Å². The van der Waals surface area contributed by atoms with Crippen molar-refractivity contribution in [3.63, 3.8) is 0 Å². The molecular weight excluding hydrogens is 274 g/mol. The lowest BCUT2D eigenvalue weighted by atomic mass is 9.89. The molecule has 0 saturated heterocycles. The number of benzene rings is 2. The van der Waals surface area contributed by atoms with Crippen LogP contribution in [0.1, 0.15) is 17.0 Å². The van der Waals surface area contributed by atoms with Crippen molar-refractivity contribution in [2.75, 3.05) is 6.61 Å². The minimum Gasteiger partial charge on any atom is -0.493 e. The number of para-hydroxylation sites is 1. The van der Waals surface area contributed by atoms with Crippen LogP contribution in [-0.2, 0) is 6.42 Å². The van der Waals surface area contributed by atoms with Gasteiger partial charge in [-0.25, -0.2) is 8.78 Å². The first-order chi connectivity index (χ1) is 10.2. The van der Waals surface area contributed by atoms with Crippen molar-refractivity contribution in [3.8, 4) is 5.75 Å². The fraction of sp³-hybridized carbons (Fsp3) is 0.250. The molecule has 2 unspecified atom stereocenters. The number of ether oxygens (including phenoxy) is 1. The van der Waals surface area contributed by atoms with Crippen molar-refractivity contribution in [2.24, 2.45) is 5.84 Å². The van der Waals surface area contributed by atoms with Crippen molar-refractivity contribution in [3.05, 3.63) is 65.2 Å². The third-order valence-electron chi connectivity index (χ3n) is 3.91. The summed E-state index contributed by atoms with van der Waals surface area (Å²) < 4.78 is 32.7. The van der Waals surface area contributed by atoms with Crippen LogP contribution in [0.25, 0.3) is 0 Å². The fourth-order valence-electron chi connectivity index (χ4n) is 2.78. The highest BCUT2D eigenvalue weighted by atomic mass is 19.2. The average molecular weight is 290 g/mol. The molecular formula is C16H16F2N2O. The molecule has 3 rings (SSSR count). The van der Waals surface area contributed by atoms with Crippen molar-refractivity contribution >= 4 is 0 Å². The second kappa shape index (κ2) is 5.79. The SMILES string of the molecule is NNC(Cc1cccc(F)c1F)C1COc2ccccc21. The molecule has 0 amide bonds. The Bertz CT molecular complexity index is 648. The molecule has 2 aromatic carbocycles. The molecule has 0 aromatic heterocycles. The number of nitrogens with two attached hydrogens (primary N) is 1. The fourth-order valence-corrected chi connectivity index (χ4v) is 2.78. The van der Waals surface area contributed by atoms with Gasteiger partial charge in [0.25, 0.3) is 0 Å². The normalized spacial score (nSPS) is 18.1. The van der Waals surface area contributed by atoms with Gasteiger partial charge in [0, 0.05) is 17.5 Å². The lowest BCUT2D eigenvalue weighted by Gasteiger charge is -2.22. The van der Waals surface area contributed by atoms with E-state index in [1.54, 1.807) is 6.07 Å². The summed E-state index contributed by atoms with van der Waals surface area (Å²) in [6, 6.07) is 11.6. The van der Waals surface area contributed by atoms with Crippen molar-refractivity contribution in [1.82, 2.24) is 5.43 Å². The standard InChI is InChI=1S/C16H16F2N2O/c17-13-6-3-4-10(16(13)18)8-14(20-19)12-9-21-15-7-2-1-5-11(12)15/h1-7,12,14,20H,8-9,19H2. The predicted molar refractivity (Wildman–Crippen MR) is 75.9 cm³/mol. The van der Waals surface area contributed by atoms with Gasteiger partial charge in [0.2, 0.25) is 0 Å². The average Bonchev–Trinajstić information content (AvgIpc) is 2.93. The summed E-state index contributed by atoms with van der Waals surface area (Å²) in [5.74, 6) is 4.80. The summed E-state index contributed by atoms with van der Waals surface area (Å²) in [6.45, 7) is 0.477. The molecule has 1 aliphatic rings. The van der Waals surface area contributed by atoms with Gasteiger partial charge in [-0.1, -0.05) is 30.3 Å². The number of fused-ring (bicyclic) bond motifs is 1. The molecule has 0 bridgehead atoms. The van der Waals surface area contributed by atoms with Crippen LogP contribution in [0, 0.1) is 11.6 Å². The maximum absolute atomic E-state index is 13.8. The van der Waals surface area contributed by atoms with Crippen LogP contribution in [-0.4, -0.2) is 12.6 Å². The maximum atomic E-state index is 13.8. The summed E-state index contributed by atoms with van der Waals surface area (Å²) in [6.07, 6.45) is 0.294. The molecule has 21 heavy (non-hydrogen) atoms. The van der Waals surface area contributed by atoms with Gasteiger partial charge in [-0.05, 0) is 24.1 Å². The highest BCUT2D eigenvalue weighted by Crippen LogP contribution is 2.36. The monoisotopic (exact) mass is 290 g/mol. The zero-order chi connectivity index (χ0) is 14.8. The number of nitrogens with one attached hydrogen (secondary N) is 1. The molecule has 1 aliphatic heterocycles. The van der Waals surface area contributed by atoms with E-state index in [1.807, 2.05) is 24.3 Å². The maximum Gasteiger partial charge on any atom is 0.162 e. The summed E-state index contributed by atoms with van der Waals surface area (Å²) in [7, 11) is 0. The molecule has 0 spiro atoms. The van der Waals surface area contributed by atoms with Gasteiger partial charge in [-0.2, -0.15) is 0 Å². The largest absolute Gasteiger partial charge is 0.493 e. The molecule has 3 nitrogen and oxygen atoms in total. The van der Waals surface area contributed by atoms with E-state index >= 15 is 0 Å². The van der Waals surface area contributed by atoms with Gasteiger partial charge in [0.15, 0.2) is 11.6 Å². The van der Waals surface area contributed by atoms with E-state index in [9.17, 15) is 8.78 Å². The summed E-state index contributed by atoms with van der Waals surface area (Å²) in [4.78, 5) is 0. The van der Waals surface area contributed by atoms with Gasteiger partial charge in [-0.15, -0.1) is 0 Å². The molecule has 2 atom stereocenters. The quantitative estimate of drug-likeness (QED) is 0.672. The van der Waals surface area contributed by atoms with Crippen molar-refractivity contribution in [1.29, 1.82) is 0 Å². The summed E-state index contributed by atoms with van der Waals surface area (Å²) in [5, 5.41) is 0. The number of hydrogen-bond acceptors (Lipinski definition) is 3. The summed E-state index contributed by atoms with van der Waals surface area (Å²) >= 11 is 0. The molecule has 5 heteroatoms. The van der Waals surface area contributed by atoms with E-state index < -0.39 is 11.6 Å². The zero-order valence-electron chi connectivity index (χ0n) is 11.4. The molecule has 110 valence electrons. The predicted octanol–water partition coefficient (Wildman–Crippen LogP) is 2.52. The minimum absolute atomic E-state index is 0.00821. The zero-order valence-corrected chi connectivity index (χ0v) is 11.4. The molecule has 0 aliphatic carbocycles. The topological polar surface area (TPSA) is 47.3 Å². The Morgan fingerprint density at radius 2 is 2.00 bits per heavy atom. The minimum atomic E-state index is -0.841. The van der Waals surface area contributed by atoms with Gasteiger partial charge < -0.3 is 4.74 Å². The Morgan fingerprint density at radius 3 is 2.81 bits per heavy atom. The highest BCUT2D eigenvalue weighted by molar-refractivity contribution is 5.41. The first-order valence-corrected chi connectivity index (χ1v) is 6.81. The number of halogens is 2. The smallest absolute Gasteiger partial charge is 0.162 e. The Hall–Kier alpha value is -1.98. The van der Waals surface area contributed by atoms with Crippen LogP contribution >= 0.6 is 0 Å². The number of hydrazine groups is 1. The van der Waals surface area contributed by atoms with E-state index in [2.05, 4.69) is 5.43 Å². The Morgan fingerprint density at radius 1 is 1.19 bits per heavy atom. The molecule has 0 saturated carbocycles. The third-order valence-corrected chi connectivity index (χ3v) is 3.91. The number of rotatable bonds is 4. The Balaban J connectivity index is 1.85. The van der Waals surface area contributed by atoms with E-state index in [4.69, 9.17) is 10.6 Å². The van der Waals surface area contributed by atoms with E-state index in [0.717, 1.165) is 17.4 Å². The van der Waals surface area contributed by atoms with Gasteiger partial charge in [0.05, 0.1) is 6.61 Å². The summed E-state index contributed by atoms with van der Waals surface area (Å²) in [5.41, 5.74) is 4.06. The molecule has 3 N–H and O–H groups in total. The first kappa shape index (κ1) is 14.0. The van der Waals surface area contributed by atoms with E-state index in [-0.39, 0.29) is 12.0 Å². The van der Waals surface area contributed by atoms with Crippen molar-refractivity contribution < 1.29 is 13.5 Å². The van der Waals surface area contributed by atoms with Crippen LogP contribution < -0.4 is 16.0 Å². The lowest BCUT2D eigenvalue weighted by Crippen LogP contribution is -2.42. The molecule has 1 heterocycles. The Labute approximate surface area is 121 Å².